The lowest BCUT2D eigenvalue weighted by molar-refractivity contribution is 0.269. The Balaban J connectivity index is 2.12. The summed E-state index contributed by atoms with van der Waals surface area (Å²) >= 11 is 0. The van der Waals surface area contributed by atoms with E-state index in [9.17, 15) is 0 Å². The molecular weight excluding hydrogens is 302 g/mol. The molecule has 0 unspecified atom stereocenters. The fourth-order valence-corrected chi connectivity index (χ4v) is 3.16. The molecule has 0 aliphatic rings. The van der Waals surface area contributed by atoms with E-state index < -0.39 is 0 Å². The number of aryl methyl sites for hydroxylation is 4. The minimum absolute atomic E-state index is 0.0784. The van der Waals surface area contributed by atoms with Crippen LogP contribution >= 0.6 is 0 Å². The molecule has 0 radical (unpaired) electrons. The summed E-state index contributed by atoms with van der Waals surface area (Å²) in [5.74, 6) is 0. The third-order valence-electron chi connectivity index (χ3n) is 4.35. The van der Waals surface area contributed by atoms with Gasteiger partial charge in [0.15, 0.2) is 5.65 Å². The first-order valence-corrected chi connectivity index (χ1v) is 8.55. The molecule has 1 N–H and O–H groups in total. The van der Waals surface area contributed by atoms with Crippen molar-refractivity contribution in [1.82, 2.24) is 24.5 Å². The van der Waals surface area contributed by atoms with Gasteiger partial charge < -0.3 is 5.11 Å². The van der Waals surface area contributed by atoms with Gasteiger partial charge in [-0.25, -0.2) is 9.67 Å². The van der Waals surface area contributed by atoms with E-state index in [1.165, 1.54) is 5.56 Å². The van der Waals surface area contributed by atoms with Crippen molar-refractivity contribution in [2.75, 3.05) is 6.61 Å². The molecule has 0 aliphatic carbocycles. The van der Waals surface area contributed by atoms with E-state index in [0.717, 1.165) is 53.1 Å². The molecule has 6 heteroatoms. The highest BCUT2D eigenvalue weighted by Gasteiger charge is 2.16. The van der Waals surface area contributed by atoms with Crippen molar-refractivity contribution in [1.29, 1.82) is 0 Å². The van der Waals surface area contributed by atoms with Crippen LogP contribution in [-0.4, -0.2) is 36.3 Å². The summed E-state index contributed by atoms with van der Waals surface area (Å²) < 4.78 is 3.80. The van der Waals surface area contributed by atoms with Crippen molar-refractivity contribution >= 4 is 11.0 Å². The summed E-state index contributed by atoms with van der Waals surface area (Å²) in [6, 6.07) is 2.11. The zero-order chi connectivity index (χ0) is 17.3. The lowest BCUT2D eigenvalue weighted by Gasteiger charge is -2.06. The second-order valence-corrected chi connectivity index (χ2v) is 6.30. The monoisotopic (exact) mass is 327 g/mol. The van der Waals surface area contributed by atoms with Crippen LogP contribution < -0.4 is 0 Å². The number of nitrogens with zero attached hydrogens (tertiary/aromatic N) is 5. The summed E-state index contributed by atoms with van der Waals surface area (Å²) in [6.07, 6.45) is 4.18. The van der Waals surface area contributed by atoms with Crippen LogP contribution in [-0.2, 0) is 13.1 Å². The molecule has 0 saturated heterocycles. The van der Waals surface area contributed by atoms with E-state index in [1.54, 1.807) is 4.68 Å². The Morgan fingerprint density at radius 3 is 2.58 bits per heavy atom. The number of hydrogen-bond acceptors (Lipinski definition) is 4. The summed E-state index contributed by atoms with van der Waals surface area (Å²) in [6.45, 7) is 9.78. The number of pyridine rings is 1. The number of fused-ring (bicyclic) bond motifs is 1. The van der Waals surface area contributed by atoms with E-state index >= 15 is 0 Å². The van der Waals surface area contributed by atoms with E-state index in [4.69, 9.17) is 10.1 Å². The van der Waals surface area contributed by atoms with Crippen molar-refractivity contribution in [3.8, 4) is 11.3 Å². The molecule has 6 nitrogen and oxygen atoms in total. The van der Waals surface area contributed by atoms with Crippen molar-refractivity contribution < 1.29 is 5.11 Å². The topological polar surface area (TPSA) is 68.8 Å². The van der Waals surface area contributed by atoms with Gasteiger partial charge in [0.1, 0.15) is 0 Å². The normalized spacial score (nSPS) is 11.5. The van der Waals surface area contributed by atoms with Gasteiger partial charge in [-0.2, -0.15) is 10.2 Å². The number of rotatable bonds is 6. The molecular formula is C18H25N5O. The Hall–Kier alpha value is -2.21. The van der Waals surface area contributed by atoms with Gasteiger partial charge in [0, 0.05) is 23.7 Å². The maximum Gasteiger partial charge on any atom is 0.158 e. The van der Waals surface area contributed by atoms with Gasteiger partial charge in [-0.1, -0.05) is 13.3 Å². The minimum atomic E-state index is 0.0784. The highest BCUT2D eigenvalue weighted by atomic mass is 16.3. The number of aliphatic hydroxyl groups is 1. The molecule has 3 aromatic heterocycles. The summed E-state index contributed by atoms with van der Waals surface area (Å²) in [5, 5.41) is 19.4. The maximum absolute atomic E-state index is 9.11. The van der Waals surface area contributed by atoms with Gasteiger partial charge in [0.05, 0.1) is 30.2 Å². The van der Waals surface area contributed by atoms with Gasteiger partial charge in [-0.15, -0.1) is 0 Å². The molecule has 0 bridgehead atoms. The zero-order valence-corrected chi connectivity index (χ0v) is 14.9. The average Bonchev–Trinajstić information content (AvgIpc) is 3.06. The molecule has 3 rings (SSSR count). The zero-order valence-electron chi connectivity index (χ0n) is 14.9. The van der Waals surface area contributed by atoms with Gasteiger partial charge in [-0.3, -0.25) is 4.68 Å². The lowest BCUT2D eigenvalue weighted by atomic mass is 10.1. The number of aliphatic hydroxyl groups excluding tert-OH is 1. The Morgan fingerprint density at radius 2 is 1.88 bits per heavy atom. The van der Waals surface area contributed by atoms with Crippen molar-refractivity contribution in [3.05, 3.63) is 29.2 Å². The van der Waals surface area contributed by atoms with Gasteiger partial charge in [0.25, 0.3) is 0 Å². The van der Waals surface area contributed by atoms with Crippen LogP contribution in [0, 0.1) is 20.8 Å². The first-order valence-electron chi connectivity index (χ1n) is 8.55. The standard InChI is InChI=1S/C18H25N5O/c1-5-6-7-23-18-17(14(4)21-23)12(2)10-16(19-18)15-11-22(8-9-24)20-13(15)3/h10-11,24H,5-9H2,1-4H3. The fraction of sp³-hybridized carbons (Fsp3) is 0.500. The van der Waals surface area contributed by atoms with Crippen molar-refractivity contribution in [3.63, 3.8) is 0 Å². The highest BCUT2D eigenvalue weighted by Crippen LogP contribution is 2.28. The second kappa shape index (κ2) is 6.73. The molecule has 3 heterocycles. The largest absolute Gasteiger partial charge is 0.394 e. The summed E-state index contributed by atoms with van der Waals surface area (Å²) in [5.41, 5.74) is 6.01. The molecule has 128 valence electrons. The number of aromatic nitrogens is 5. The molecule has 0 saturated carbocycles. The van der Waals surface area contributed by atoms with E-state index in [1.807, 2.05) is 24.7 Å². The quantitative estimate of drug-likeness (QED) is 0.755. The van der Waals surface area contributed by atoms with E-state index in [2.05, 4.69) is 30.1 Å². The summed E-state index contributed by atoms with van der Waals surface area (Å²) in [4.78, 5) is 4.90. The molecule has 0 fully saturated rings. The molecule has 0 spiro atoms. The summed E-state index contributed by atoms with van der Waals surface area (Å²) in [7, 11) is 0. The van der Waals surface area contributed by atoms with Crippen LogP contribution in [0.3, 0.4) is 0 Å². The predicted molar refractivity (Wildman–Crippen MR) is 95.0 cm³/mol. The Bertz CT molecular complexity index is 862. The Kier molecular flexibility index (Phi) is 4.66. The van der Waals surface area contributed by atoms with Crippen molar-refractivity contribution in [2.45, 2.75) is 53.6 Å². The van der Waals surface area contributed by atoms with Gasteiger partial charge in [-0.05, 0) is 38.8 Å². The van der Waals surface area contributed by atoms with E-state index in [0.29, 0.717) is 6.54 Å². The Morgan fingerprint density at radius 1 is 1.08 bits per heavy atom. The van der Waals surface area contributed by atoms with Gasteiger partial charge >= 0.3 is 0 Å². The maximum atomic E-state index is 9.11. The number of unbranched alkanes of at least 4 members (excludes halogenated alkanes) is 1. The smallest absolute Gasteiger partial charge is 0.158 e. The predicted octanol–water partition coefficient (Wildman–Crippen LogP) is 3.01. The minimum Gasteiger partial charge on any atom is -0.394 e. The third-order valence-corrected chi connectivity index (χ3v) is 4.35. The van der Waals surface area contributed by atoms with Crippen LogP contribution in [0.1, 0.15) is 36.7 Å². The van der Waals surface area contributed by atoms with Gasteiger partial charge in [0.2, 0.25) is 0 Å². The first kappa shape index (κ1) is 16.6. The molecule has 0 aliphatic heterocycles. The Labute approximate surface area is 142 Å². The molecule has 0 atom stereocenters. The van der Waals surface area contributed by atoms with Crippen LogP contribution in [0.5, 0.6) is 0 Å². The van der Waals surface area contributed by atoms with Crippen LogP contribution in [0.2, 0.25) is 0 Å². The van der Waals surface area contributed by atoms with Crippen molar-refractivity contribution in [2.24, 2.45) is 0 Å². The van der Waals surface area contributed by atoms with Crippen LogP contribution in [0.15, 0.2) is 12.3 Å². The van der Waals surface area contributed by atoms with E-state index in [-0.39, 0.29) is 6.61 Å². The third kappa shape index (κ3) is 2.94. The molecule has 0 amide bonds. The highest BCUT2D eigenvalue weighted by molar-refractivity contribution is 5.85. The lowest BCUT2D eigenvalue weighted by Crippen LogP contribution is -2.02. The molecule has 0 aromatic carbocycles. The average molecular weight is 327 g/mol. The molecule has 24 heavy (non-hydrogen) atoms. The fourth-order valence-electron chi connectivity index (χ4n) is 3.16. The first-order chi connectivity index (χ1) is 11.5. The second-order valence-electron chi connectivity index (χ2n) is 6.30. The number of hydrogen-bond donors (Lipinski definition) is 1. The molecule has 3 aromatic rings. The SMILES string of the molecule is CCCCn1nc(C)c2c(C)cc(-c3cn(CCO)nc3C)nc21. The van der Waals surface area contributed by atoms with Crippen LogP contribution in [0.25, 0.3) is 22.3 Å². The van der Waals surface area contributed by atoms with Crippen LogP contribution in [0.4, 0.5) is 0 Å².